The number of benzene rings is 2. The first-order chi connectivity index (χ1) is 11.7. The number of carbonyl (C=O) groups is 1. The largest absolute Gasteiger partial charge is 0.484 e. The van der Waals surface area contributed by atoms with Gasteiger partial charge in [0.15, 0.2) is 6.61 Å². The minimum Gasteiger partial charge on any atom is -0.484 e. The number of ether oxygens (including phenoxy) is 1. The maximum atomic E-state index is 11.8. The number of rotatable bonds is 6. The van der Waals surface area contributed by atoms with Crippen molar-refractivity contribution in [2.24, 2.45) is 0 Å². The lowest BCUT2D eigenvalue weighted by Gasteiger charge is -2.05. The van der Waals surface area contributed by atoms with Gasteiger partial charge in [0.2, 0.25) is 11.7 Å². The number of hydrogen-bond acceptors (Lipinski definition) is 5. The van der Waals surface area contributed by atoms with Crippen LogP contribution in [0.1, 0.15) is 11.5 Å². The second kappa shape index (κ2) is 7.41. The van der Waals surface area contributed by atoms with Gasteiger partial charge >= 0.3 is 0 Å². The fraction of sp³-hybridized carbons (Fsp3) is 0.167. The molecule has 6 nitrogen and oxygen atoms in total. The summed E-state index contributed by atoms with van der Waals surface area (Å²) in [5, 5.41) is 6.62. The number of aromatic nitrogens is 2. The van der Waals surface area contributed by atoms with Crippen molar-refractivity contribution < 1.29 is 14.1 Å². The van der Waals surface area contributed by atoms with E-state index in [2.05, 4.69) is 15.5 Å². The van der Waals surface area contributed by atoms with Crippen molar-refractivity contribution in [2.45, 2.75) is 13.5 Å². The topological polar surface area (TPSA) is 77.2 Å². The Bertz CT molecular complexity index is 815. The van der Waals surface area contributed by atoms with Gasteiger partial charge in [0, 0.05) is 5.56 Å². The molecule has 0 aliphatic heterocycles. The molecule has 0 atom stereocenters. The van der Waals surface area contributed by atoms with Gasteiger partial charge < -0.3 is 14.6 Å². The molecule has 1 heterocycles. The molecule has 0 saturated heterocycles. The molecule has 0 fully saturated rings. The van der Waals surface area contributed by atoms with Crippen molar-refractivity contribution in [3.8, 4) is 17.1 Å². The molecule has 0 unspecified atom stereocenters. The van der Waals surface area contributed by atoms with Crippen LogP contribution in [0.5, 0.6) is 5.75 Å². The first-order valence-corrected chi connectivity index (χ1v) is 7.55. The number of hydrogen-bond donors (Lipinski definition) is 1. The van der Waals surface area contributed by atoms with E-state index in [9.17, 15) is 4.79 Å². The third kappa shape index (κ3) is 4.19. The van der Waals surface area contributed by atoms with Gasteiger partial charge in [0.25, 0.3) is 5.91 Å². The van der Waals surface area contributed by atoms with Gasteiger partial charge in [-0.1, -0.05) is 47.1 Å². The predicted octanol–water partition coefficient (Wildman–Crippen LogP) is 2.74. The number of para-hydroxylation sites is 1. The summed E-state index contributed by atoms with van der Waals surface area (Å²) in [7, 11) is 0. The fourth-order valence-electron chi connectivity index (χ4n) is 2.12. The van der Waals surface area contributed by atoms with Crippen LogP contribution in [0, 0.1) is 6.92 Å². The molecule has 2 aromatic carbocycles. The van der Waals surface area contributed by atoms with Crippen molar-refractivity contribution in [3.05, 3.63) is 66.1 Å². The molecule has 0 aliphatic carbocycles. The van der Waals surface area contributed by atoms with Crippen LogP contribution in [0.15, 0.2) is 59.1 Å². The van der Waals surface area contributed by atoms with E-state index in [-0.39, 0.29) is 19.1 Å². The second-order valence-corrected chi connectivity index (χ2v) is 5.26. The van der Waals surface area contributed by atoms with Crippen molar-refractivity contribution in [1.29, 1.82) is 0 Å². The van der Waals surface area contributed by atoms with Gasteiger partial charge in [-0.15, -0.1) is 0 Å². The zero-order valence-electron chi connectivity index (χ0n) is 13.2. The van der Waals surface area contributed by atoms with E-state index in [1.807, 2.05) is 49.4 Å². The minimum absolute atomic E-state index is 0.0666. The molecule has 0 spiro atoms. The fourth-order valence-corrected chi connectivity index (χ4v) is 2.12. The van der Waals surface area contributed by atoms with Crippen LogP contribution in [0.25, 0.3) is 11.4 Å². The Morgan fingerprint density at radius 3 is 2.79 bits per heavy atom. The third-order valence-corrected chi connectivity index (χ3v) is 3.29. The van der Waals surface area contributed by atoms with E-state index >= 15 is 0 Å². The average Bonchev–Trinajstić information content (AvgIpc) is 3.08. The molecule has 3 aromatic rings. The van der Waals surface area contributed by atoms with Gasteiger partial charge in [-0.3, -0.25) is 4.79 Å². The van der Waals surface area contributed by atoms with Crippen LogP contribution >= 0.6 is 0 Å². The third-order valence-electron chi connectivity index (χ3n) is 3.29. The van der Waals surface area contributed by atoms with Crippen LogP contribution in [0.3, 0.4) is 0 Å². The Morgan fingerprint density at radius 2 is 2.00 bits per heavy atom. The number of amides is 1. The first kappa shape index (κ1) is 15.7. The summed E-state index contributed by atoms with van der Waals surface area (Å²) in [6, 6.07) is 17.0. The molecule has 1 amide bonds. The summed E-state index contributed by atoms with van der Waals surface area (Å²) < 4.78 is 10.5. The Labute approximate surface area is 139 Å². The highest BCUT2D eigenvalue weighted by molar-refractivity contribution is 5.77. The number of nitrogens with one attached hydrogen (secondary N) is 1. The molecule has 6 heteroatoms. The van der Waals surface area contributed by atoms with E-state index in [1.54, 1.807) is 12.1 Å². The van der Waals surface area contributed by atoms with Crippen molar-refractivity contribution >= 4 is 5.91 Å². The molecule has 0 bridgehead atoms. The molecular weight excluding hydrogens is 306 g/mol. The molecule has 0 saturated carbocycles. The number of aryl methyl sites for hydroxylation is 1. The highest BCUT2D eigenvalue weighted by Crippen LogP contribution is 2.16. The smallest absolute Gasteiger partial charge is 0.258 e. The Balaban J connectivity index is 1.51. The van der Waals surface area contributed by atoms with E-state index in [4.69, 9.17) is 9.26 Å². The SMILES string of the molecule is Cc1cccc(-c2noc(CNC(=O)COc3ccccc3)n2)c1. The van der Waals surface area contributed by atoms with Crippen molar-refractivity contribution in [1.82, 2.24) is 15.5 Å². The summed E-state index contributed by atoms with van der Waals surface area (Å²) in [5.74, 6) is 1.24. The maximum absolute atomic E-state index is 11.8. The van der Waals surface area contributed by atoms with E-state index in [0.717, 1.165) is 11.1 Å². The molecule has 0 radical (unpaired) electrons. The molecule has 1 aromatic heterocycles. The Hall–Kier alpha value is -3.15. The van der Waals surface area contributed by atoms with Crippen LogP contribution in [-0.2, 0) is 11.3 Å². The van der Waals surface area contributed by atoms with Crippen LogP contribution < -0.4 is 10.1 Å². The number of carbonyl (C=O) groups excluding carboxylic acids is 1. The molecule has 3 rings (SSSR count). The normalized spacial score (nSPS) is 10.4. The lowest BCUT2D eigenvalue weighted by Crippen LogP contribution is -2.28. The lowest BCUT2D eigenvalue weighted by molar-refractivity contribution is -0.123. The molecule has 24 heavy (non-hydrogen) atoms. The Kier molecular flexibility index (Phi) is 4.86. The van der Waals surface area contributed by atoms with Gasteiger partial charge in [-0.25, -0.2) is 0 Å². The van der Waals surface area contributed by atoms with Crippen LogP contribution in [0.4, 0.5) is 0 Å². The van der Waals surface area contributed by atoms with Gasteiger partial charge in [0.1, 0.15) is 5.75 Å². The second-order valence-electron chi connectivity index (χ2n) is 5.26. The maximum Gasteiger partial charge on any atom is 0.258 e. The quantitative estimate of drug-likeness (QED) is 0.755. The summed E-state index contributed by atoms with van der Waals surface area (Å²) in [4.78, 5) is 16.1. The first-order valence-electron chi connectivity index (χ1n) is 7.55. The lowest BCUT2D eigenvalue weighted by atomic mass is 10.1. The minimum atomic E-state index is -0.255. The molecule has 122 valence electrons. The zero-order valence-corrected chi connectivity index (χ0v) is 13.2. The van der Waals surface area contributed by atoms with E-state index in [1.165, 1.54) is 0 Å². The number of nitrogens with zero attached hydrogens (tertiary/aromatic N) is 2. The molecule has 0 aliphatic rings. The average molecular weight is 323 g/mol. The van der Waals surface area contributed by atoms with Gasteiger partial charge in [0.05, 0.1) is 6.54 Å². The summed E-state index contributed by atoms with van der Waals surface area (Å²) in [5.41, 5.74) is 1.99. The highest BCUT2D eigenvalue weighted by atomic mass is 16.5. The van der Waals surface area contributed by atoms with Crippen molar-refractivity contribution in [2.75, 3.05) is 6.61 Å². The standard InChI is InChI=1S/C18H17N3O3/c1-13-6-5-7-14(10-13)18-20-17(24-21-18)11-19-16(22)12-23-15-8-3-2-4-9-15/h2-10H,11-12H2,1H3,(H,19,22). The summed E-state index contributed by atoms with van der Waals surface area (Å²) in [6.45, 7) is 2.09. The van der Waals surface area contributed by atoms with Crippen LogP contribution in [0.2, 0.25) is 0 Å². The van der Waals surface area contributed by atoms with Gasteiger partial charge in [-0.05, 0) is 25.1 Å². The zero-order chi connectivity index (χ0) is 16.8. The molecular formula is C18H17N3O3. The Morgan fingerprint density at radius 1 is 1.17 bits per heavy atom. The monoisotopic (exact) mass is 323 g/mol. The van der Waals surface area contributed by atoms with E-state index in [0.29, 0.717) is 17.5 Å². The van der Waals surface area contributed by atoms with Crippen LogP contribution in [-0.4, -0.2) is 22.7 Å². The van der Waals surface area contributed by atoms with Gasteiger partial charge in [-0.2, -0.15) is 4.98 Å². The van der Waals surface area contributed by atoms with E-state index < -0.39 is 0 Å². The molecule has 1 N–H and O–H groups in total. The van der Waals surface area contributed by atoms with Crippen molar-refractivity contribution in [3.63, 3.8) is 0 Å². The summed E-state index contributed by atoms with van der Waals surface area (Å²) in [6.07, 6.45) is 0. The highest BCUT2D eigenvalue weighted by Gasteiger charge is 2.10. The predicted molar refractivity (Wildman–Crippen MR) is 88.3 cm³/mol. The summed E-state index contributed by atoms with van der Waals surface area (Å²) >= 11 is 0.